The summed E-state index contributed by atoms with van der Waals surface area (Å²) in [7, 11) is 0. The Morgan fingerprint density at radius 3 is 2.76 bits per heavy atom. The van der Waals surface area contributed by atoms with Crippen molar-refractivity contribution in [3.8, 4) is 0 Å². The Labute approximate surface area is 129 Å². The third kappa shape index (κ3) is 1.98. The lowest BCUT2D eigenvalue weighted by atomic mass is 9.62. The number of nitro groups is 1. The number of ether oxygens (including phenoxy) is 1. The number of carbonyl (C=O) groups is 1. The largest absolute Gasteiger partial charge is 0.458 e. The summed E-state index contributed by atoms with van der Waals surface area (Å²) in [6.07, 6.45) is -0.502. The molecule has 0 spiro atoms. The fourth-order valence-corrected chi connectivity index (χ4v) is 4.08. The number of esters is 1. The number of hydrogen-bond donors (Lipinski definition) is 1. The number of fused-ring (bicyclic) bond motifs is 2. The van der Waals surface area contributed by atoms with Crippen LogP contribution in [-0.4, -0.2) is 34.2 Å². The molecule has 2 bridgehead atoms. The number of nitrogens with zero attached hydrogens (tertiary/aromatic N) is 1. The highest BCUT2D eigenvalue weighted by Gasteiger charge is 2.67. The zero-order chi connectivity index (χ0) is 15.2. The van der Waals surface area contributed by atoms with Gasteiger partial charge in [-0.2, -0.15) is 0 Å². The standard InChI is InChI=1S/C14H14BrNO5/c15-10-4-2-1-3-8(10)12-9-5-6-11(17)14(12,16(19)20)7-21-13(9)18/h1-4,9,11-12,17H,5-7H2/t9-,11-,12?,14+/m0/s1. The number of carbonyl (C=O) groups excluding carboxylic acids is 1. The Morgan fingerprint density at radius 2 is 2.10 bits per heavy atom. The first-order valence-corrected chi connectivity index (χ1v) is 7.51. The van der Waals surface area contributed by atoms with E-state index in [1.54, 1.807) is 24.3 Å². The predicted molar refractivity (Wildman–Crippen MR) is 76.3 cm³/mol. The number of halogens is 1. The van der Waals surface area contributed by atoms with E-state index >= 15 is 0 Å². The van der Waals surface area contributed by atoms with Gasteiger partial charge in [-0.1, -0.05) is 34.1 Å². The lowest BCUT2D eigenvalue weighted by molar-refractivity contribution is -0.599. The fraction of sp³-hybridized carbons (Fsp3) is 0.500. The number of rotatable bonds is 2. The van der Waals surface area contributed by atoms with E-state index < -0.39 is 34.4 Å². The van der Waals surface area contributed by atoms with Crippen molar-refractivity contribution in [2.24, 2.45) is 5.92 Å². The van der Waals surface area contributed by atoms with Gasteiger partial charge < -0.3 is 9.84 Å². The van der Waals surface area contributed by atoms with Gasteiger partial charge in [-0.25, -0.2) is 0 Å². The number of aliphatic hydroxyl groups excluding tert-OH is 1. The van der Waals surface area contributed by atoms with Crippen LogP contribution in [0.1, 0.15) is 24.3 Å². The van der Waals surface area contributed by atoms with Crippen LogP contribution in [0.3, 0.4) is 0 Å². The summed E-state index contributed by atoms with van der Waals surface area (Å²) in [5.74, 6) is -1.69. The maximum Gasteiger partial charge on any atom is 0.310 e. The SMILES string of the molecule is O=C1OC[C@]2([N+](=O)[O-])C(c3ccccc3Br)[C@@H]1CC[C@@H]2O. The van der Waals surface area contributed by atoms with E-state index in [2.05, 4.69) is 15.9 Å². The molecule has 1 aliphatic heterocycles. The van der Waals surface area contributed by atoms with E-state index in [1.807, 2.05) is 0 Å². The molecule has 1 aliphatic carbocycles. The van der Waals surface area contributed by atoms with Crippen LogP contribution in [0.5, 0.6) is 0 Å². The molecular weight excluding hydrogens is 342 g/mol. The Morgan fingerprint density at radius 1 is 1.38 bits per heavy atom. The molecule has 21 heavy (non-hydrogen) atoms. The van der Waals surface area contributed by atoms with E-state index in [4.69, 9.17) is 4.74 Å². The summed E-state index contributed by atoms with van der Waals surface area (Å²) in [6, 6.07) is 7.12. The molecule has 112 valence electrons. The van der Waals surface area contributed by atoms with Gasteiger partial charge >= 0.3 is 5.97 Å². The van der Waals surface area contributed by atoms with Crippen molar-refractivity contribution in [3.63, 3.8) is 0 Å². The highest BCUT2D eigenvalue weighted by Crippen LogP contribution is 2.51. The normalized spacial score (nSPS) is 35.1. The molecule has 1 saturated carbocycles. The van der Waals surface area contributed by atoms with Gasteiger partial charge in [0.1, 0.15) is 6.10 Å². The maximum atomic E-state index is 12.0. The fourth-order valence-electron chi connectivity index (χ4n) is 3.54. The Balaban J connectivity index is 2.19. The quantitative estimate of drug-likeness (QED) is 0.496. The Kier molecular flexibility index (Phi) is 3.49. The third-order valence-electron chi connectivity index (χ3n) is 4.60. The van der Waals surface area contributed by atoms with Gasteiger partial charge in [-0.05, 0) is 24.5 Å². The average Bonchev–Trinajstić information content (AvgIpc) is 2.45. The van der Waals surface area contributed by atoms with Gasteiger partial charge in [0.2, 0.25) is 0 Å². The molecule has 3 rings (SSSR count). The molecule has 2 aliphatic rings. The second-order valence-electron chi connectivity index (χ2n) is 5.55. The van der Waals surface area contributed by atoms with Crippen LogP contribution in [0.4, 0.5) is 0 Å². The molecule has 1 heterocycles. The van der Waals surface area contributed by atoms with E-state index in [0.29, 0.717) is 16.5 Å². The molecule has 2 fully saturated rings. The predicted octanol–water partition coefficient (Wildman–Crippen LogP) is 1.88. The van der Waals surface area contributed by atoms with E-state index in [1.165, 1.54) is 0 Å². The Bertz CT molecular complexity index is 607. The summed E-state index contributed by atoms with van der Waals surface area (Å²) in [4.78, 5) is 23.3. The van der Waals surface area contributed by atoms with Crippen molar-refractivity contribution >= 4 is 21.9 Å². The average molecular weight is 356 g/mol. The number of hydrogen-bond acceptors (Lipinski definition) is 5. The maximum absolute atomic E-state index is 12.0. The molecule has 6 nitrogen and oxygen atoms in total. The highest BCUT2D eigenvalue weighted by atomic mass is 79.9. The Hall–Kier alpha value is -1.47. The zero-order valence-corrected chi connectivity index (χ0v) is 12.7. The van der Waals surface area contributed by atoms with Crippen molar-refractivity contribution in [2.75, 3.05) is 6.61 Å². The smallest absolute Gasteiger partial charge is 0.310 e. The van der Waals surface area contributed by atoms with Crippen LogP contribution in [-0.2, 0) is 9.53 Å². The third-order valence-corrected chi connectivity index (χ3v) is 5.32. The minimum Gasteiger partial charge on any atom is -0.458 e. The highest BCUT2D eigenvalue weighted by molar-refractivity contribution is 9.10. The number of benzene rings is 1. The van der Waals surface area contributed by atoms with Crippen LogP contribution >= 0.6 is 15.9 Å². The first kappa shape index (κ1) is 14.5. The zero-order valence-electron chi connectivity index (χ0n) is 11.1. The molecule has 1 saturated heterocycles. The van der Waals surface area contributed by atoms with Crippen LogP contribution < -0.4 is 0 Å². The first-order chi connectivity index (χ1) is 9.98. The first-order valence-electron chi connectivity index (χ1n) is 6.72. The number of aliphatic hydroxyl groups is 1. The number of cyclic esters (lactones) is 1. The second-order valence-corrected chi connectivity index (χ2v) is 6.41. The summed E-state index contributed by atoms with van der Waals surface area (Å²) in [5, 5.41) is 22.0. The molecule has 0 radical (unpaired) electrons. The molecule has 0 amide bonds. The van der Waals surface area contributed by atoms with Crippen molar-refractivity contribution in [1.29, 1.82) is 0 Å². The van der Waals surface area contributed by atoms with Crippen molar-refractivity contribution in [1.82, 2.24) is 0 Å². The second kappa shape index (κ2) is 5.06. The summed E-state index contributed by atoms with van der Waals surface area (Å²) in [6.45, 7) is -0.386. The summed E-state index contributed by atoms with van der Waals surface area (Å²) in [5.41, 5.74) is -0.990. The van der Waals surface area contributed by atoms with Crippen molar-refractivity contribution in [2.45, 2.75) is 30.4 Å². The lowest BCUT2D eigenvalue weighted by Crippen LogP contribution is -2.65. The molecule has 1 aromatic rings. The lowest BCUT2D eigenvalue weighted by Gasteiger charge is -2.46. The topological polar surface area (TPSA) is 89.7 Å². The van der Waals surface area contributed by atoms with E-state index in [9.17, 15) is 20.0 Å². The molecule has 1 unspecified atom stereocenters. The van der Waals surface area contributed by atoms with E-state index in [0.717, 1.165) is 0 Å². The van der Waals surface area contributed by atoms with Gasteiger partial charge in [-0.3, -0.25) is 14.9 Å². The van der Waals surface area contributed by atoms with Crippen LogP contribution in [0, 0.1) is 16.0 Å². The summed E-state index contributed by atoms with van der Waals surface area (Å²) >= 11 is 3.40. The van der Waals surface area contributed by atoms with Gasteiger partial charge in [0, 0.05) is 9.40 Å². The summed E-state index contributed by atoms with van der Waals surface area (Å²) < 4.78 is 5.72. The van der Waals surface area contributed by atoms with Gasteiger partial charge in [0.25, 0.3) is 5.54 Å². The molecule has 7 heteroatoms. The van der Waals surface area contributed by atoms with Crippen LogP contribution in [0.15, 0.2) is 28.7 Å². The van der Waals surface area contributed by atoms with Gasteiger partial charge in [0.15, 0.2) is 6.61 Å². The molecular formula is C14H14BrNO5. The van der Waals surface area contributed by atoms with Crippen LogP contribution in [0.2, 0.25) is 0 Å². The van der Waals surface area contributed by atoms with Gasteiger partial charge in [0.05, 0.1) is 11.8 Å². The molecule has 1 N–H and O–H groups in total. The monoisotopic (exact) mass is 355 g/mol. The molecule has 1 aromatic carbocycles. The van der Waals surface area contributed by atoms with Crippen molar-refractivity contribution < 1.29 is 19.6 Å². The minimum atomic E-state index is -1.67. The molecule has 0 aromatic heterocycles. The molecule has 4 atom stereocenters. The van der Waals surface area contributed by atoms with Gasteiger partial charge in [-0.15, -0.1) is 0 Å². The minimum absolute atomic E-state index is 0.238. The van der Waals surface area contributed by atoms with E-state index in [-0.39, 0.29) is 13.0 Å². The van der Waals surface area contributed by atoms with Crippen LogP contribution in [0.25, 0.3) is 0 Å². The van der Waals surface area contributed by atoms with Crippen molar-refractivity contribution in [3.05, 3.63) is 44.4 Å².